The van der Waals surface area contributed by atoms with Crippen molar-refractivity contribution in [3.63, 3.8) is 0 Å². The highest BCUT2D eigenvalue weighted by Crippen LogP contribution is 2.28. The smallest absolute Gasteiger partial charge is 0.229 e. The highest BCUT2D eigenvalue weighted by molar-refractivity contribution is 7.92. The Morgan fingerprint density at radius 3 is 2.38 bits per heavy atom. The summed E-state index contributed by atoms with van der Waals surface area (Å²) in [5.41, 5.74) is 2.73. The zero-order valence-corrected chi connectivity index (χ0v) is 23.9. The molecule has 3 aromatic carbocycles. The quantitative estimate of drug-likeness (QED) is 0.171. The first-order valence-electron chi connectivity index (χ1n) is 12.7. The number of carbonyl (C=O) groups is 1. The average molecular weight is 572 g/mol. The molecule has 10 nitrogen and oxygen atoms in total. The molecule has 0 aliphatic rings. The van der Waals surface area contributed by atoms with Crippen LogP contribution in [-0.4, -0.2) is 55.1 Å². The Labute approximate surface area is 235 Å². The molecule has 0 radical (unpaired) electrons. The van der Waals surface area contributed by atoms with Gasteiger partial charge < -0.3 is 30.7 Å². The fourth-order valence-corrected chi connectivity index (χ4v) is 4.80. The van der Waals surface area contributed by atoms with E-state index in [4.69, 9.17) is 4.74 Å². The molecular weight excluding hydrogens is 534 g/mol. The van der Waals surface area contributed by atoms with Gasteiger partial charge in [-0.25, -0.2) is 8.42 Å². The zero-order valence-electron chi connectivity index (χ0n) is 23.1. The average Bonchev–Trinajstić information content (AvgIpc) is 2.87. The van der Waals surface area contributed by atoms with E-state index in [2.05, 4.69) is 15.4 Å². The summed E-state index contributed by atoms with van der Waals surface area (Å²) >= 11 is 0. The highest BCUT2D eigenvalue weighted by Gasteiger charge is 2.21. The number of β-amino-alcohol motifs (C(OH)–C–C–N with tert-alkyl or cyclic N) is 1. The largest absolute Gasteiger partial charge is 0.506 e. The van der Waals surface area contributed by atoms with Crippen molar-refractivity contribution in [1.29, 1.82) is 0 Å². The molecule has 0 saturated heterocycles. The predicted octanol–water partition coefficient (Wildman–Crippen LogP) is 2.98. The minimum absolute atomic E-state index is 0.00181. The van der Waals surface area contributed by atoms with Crippen LogP contribution in [-0.2, 0) is 34.2 Å². The first-order chi connectivity index (χ1) is 18.7. The first-order valence-corrected chi connectivity index (χ1v) is 14.6. The van der Waals surface area contributed by atoms with Gasteiger partial charge >= 0.3 is 0 Å². The number of nitrogens with one attached hydrogen (secondary N) is 3. The minimum atomic E-state index is -3.59. The van der Waals surface area contributed by atoms with Crippen molar-refractivity contribution in [3.05, 3.63) is 82.9 Å². The number of sulfonamides is 1. The number of ether oxygens (including phenoxy) is 1. The van der Waals surface area contributed by atoms with Crippen molar-refractivity contribution in [2.75, 3.05) is 24.6 Å². The summed E-state index contributed by atoms with van der Waals surface area (Å²) in [4.78, 5) is 12.6. The van der Waals surface area contributed by atoms with E-state index in [1.54, 1.807) is 12.1 Å². The molecule has 216 valence electrons. The maximum atomic E-state index is 12.6. The SMILES string of the molecule is COc1cc(CNC(=O)Cc2cccc(CC(C)(C)NC[C@@H](O)c3ccc(O)c(NS(C)(=O)=O)c3)c2)ccc1O. The van der Waals surface area contributed by atoms with Crippen LogP contribution in [0, 0.1) is 0 Å². The van der Waals surface area contributed by atoms with E-state index < -0.39 is 21.7 Å². The second-order valence-electron chi connectivity index (χ2n) is 10.4. The summed E-state index contributed by atoms with van der Waals surface area (Å²) in [5.74, 6) is 0.0183. The number of rotatable bonds is 13. The molecule has 1 atom stereocenters. The standard InChI is InChI=1S/C29H37N3O7S/c1-29(2,31-18-26(35)22-9-11-24(33)23(15-22)32-40(4,37)38)16-20-7-5-6-19(12-20)14-28(36)30-17-21-8-10-25(34)27(13-21)39-3/h5-13,15,26,31-35H,14,16-18H2,1-4H3,(H,30,36)/t26-/m1/s1. The van der Waals surface area contributed by atoms with Crippen LogP contribution >= 0.6 is 0 Å². The van der Waals surface area contributed by atoms with Gasteiger partial charge in [-0.3, -0.25) is 9.52 Å². The van der Waals surface area contributed by atoms with Crippen LogP contribution in [0.3, 0.4) is 0 Å². The first kappa shape index (κ1) is 30.7. The molecule has 0 bridgehead atoms. The molecule has 0 aliphatic heterocycles. The molecule has 1 amide bonds. The Hall–Kier alpha value is -3.80. The van der Waals surface area contributed by atoms with Crippen LogP contribution in [0.2, 0.25) is 0 Å². The van der Waals surface area contributed by atoms with Crippen molar-refractivity contribution in [3.8, 4) is 17.2 Å². The molecule has 3 aromatic rings. The number of benzene rings is 3. The third-order valence-corrected chi connectivity index (χ3v) is 6.80. The summed E-state index contributed by atoms with van der Waals surface area (Å²) < 4.78 is 30.4. The molecule has 0 fully saturated rings. The predicted molar refractivity (Wildman–Crippen MR) is 154 cm³/mol. The monoisotopic (exact) mass is 571 g/mol. The van der Waals surface area contributed by atoms with E-state index in [1.165, 1.54) is 31.4 Å². The van der Waals surface area contributed by atoms with E-state index in [-0.39, 0.29) is 36.1 Å². The maximum Gasteiger partial charge on any atom is 0.229 e. The van der Waals surface area contributed by atoms with Gasteiger partial charge in [-0.1, -0.05) is 36.4 Å². The van der Waals surface area contributed by atoms with Gasteiger partial charge in [0.2, 0.25) is 15.9 Å². The number of amides is 1. The number of methoxy groups -OCH3 is 1. The molecule has 3 rings (SSSR count). The van der Waals surface area contributed by atoms with Crippen molar-refractivity contribution in [1.82, 2.24) is 10.6 Å². The van der Waals surface area contributed by atoms with E-state index >= 15 is 0 Å². The molecule has 11 heteroatoms. The van der Waals surface area contributed by atoms with Crippen LogP contribution in [0.1, 0.15) is 42.2 Å². The van der Waals surface area contributed by atoms with Crippen molar-refractivity contribution in [2.24, 2.45) is 0 Å². The Kier molecular flexibility index (Phi) is 10.0. The third kappa shape index (κ3) is 9.44. The molecule has 40 heavy (non-hydrogen) atoms. The molecule has 6 N–H and O–H groups in total. The number of aliphatic hydroxyl groups is 1. The molecule has 0 unspecified atom stereocenters. The number of phenols is 2. The van der Waals surface area contributed by atoms with Crippen LogP contribution < -0.4 is 20.1 Å². The van der Waals surface area contributed by atoms with E-state index in [1.807, 2.05) is 38.1 Å². The Morgan fingerprint density at radius 1 is 0.975 bits per heavy atom. The number of hydrogen-bond donors (Lipinski definition) is 6. The molecule has 0 spiro atoms. The van der Waals surface area contributed by atoms with Gasteiger partial charge in [-0.15, -0.1) is 0 Å². The van der Waals surface area contributed by atoms with Crippen LogP contribution in [0.25, 0.3) is 0 Å². The Morgan fingerprint density at radius 2 is 1.68 bits per heavy atom. The number of hydrogen-bond acceptors (Lipinski definition) is 8. The van der Waals surface area contributed by atoms with Crippen molar-refractivity contribution < 1.29 is 33.3 Å². The second-order valence-corrected chi connectivity index (χ2v) is 12.1. The maximum absolute atomic E-state index is 12.6. The lowest BCUT2D eigenvalue weighted by Crippen LogP contribution is -2.43. The Bertz CT molecular complexity index is 1440. The van der Waals surface area contributed by atoms with E-state index in [0.29, 0.717) is 24.3 Å². The lowest BCUT2D eigenvalue weighted by Gasteiger charge is -2.28. The summed E-state index contributed by atoms with van der Waals surface area (Å²) in [6, 6.07) is 16.9. The van der Waals surface area contributed by atoms with Gasteiger partial charge in [0.15, 0.2) is 11.5 Å². The second kappa shape index (κ2) is 13.0. The lowest BCUT2D eigenvalue weighted by atomic mass is 9.93. The molecule has 0 saturated carbocycles. The number of anilines is 1. The molecular formula is C29H37N3O7S. The van der Waals surface area contributed by atoms with E-state index in [9.17, 15) is 28.5 Å². The highest BCUT2D eigenvalue weighted by atomic mass is 32.2. The molecule has 0 heterocycles. The minimum Gasteiger partial charge on any atom is -0.506 e. The Balaban J connectivity index is 1.55. The van der Waals surface area contributed by atoms with Gasteiger partial charge in [-0.2, -0.15) is 0 Å². The number of phenolic OH excluding ortho intramolecular Hbond substituents is 2. The number of aliphatic hydroxyl groups excluding tert-OH is 1. The third-order valence-electron chi connectivity index (χ3n) is 6.21. The van der Waals surface area contributed by atoms with Crippen LogP contribution in [0.15, 0.2) is 60.7 Å². The van der Waals surface area contributed by atoms with E-state index in [0.717, 1.165) is 22.9 Å². The molecule has 0 aromatic heterocycles. The summed E-state index contributed by atoms with van der Waals surface area (Å²) in [6.45, 7) is 4.50. The van der Waals surface area contributed by atoms with Crippen LogP contribution in [0.5, 0.6) is 17.2 Å². The van der Waals surface area contributed by atoms with Crippen molar-refractivity contribution in [2.45, 2.75) is 44.9 Å². The topological polar surface area (TPSA) is 157 Å². The van der Waals surface area contributed by atoms with Gasteiger partial charge in [0.25, 0.3) is 0 Å². The summed E-state index contributed by atoms with van der Waals surface area (Å²) in [6.07, 6.45) is 0.874. The van der Waals surface area contributed by atoms with Gasteiger partial charge in [0.1, 0.15) is 5.75 Å². The van der Waals surface area contributed by atoms with Gasteiger partial charge in [-0.05, 0) is 66.8 Å². The fraction of sp³-hybridized carbons (Fsp3) is 0.345. The molecule has 0 aliphatic carbocycles. The lowest BCUT2D eigenvalue weighted by molar-refractivity contribution is -0.120. The fourth-order valence-electron chi connectivity index (χ4n) is 4.24. The summed E-state index contributed by atoms with van der Waals surface area (Å²) in [5, 5.41) is 36.6. The van der Waals surface area contributed by atoms with Crippen LogP contribution in [0.4, 0.5) is 5.69 Å². The normalized spacial score (nSPS) is 12.5. The van der Waals surface area contributed by atoms with Gasteiger partial charge in [0.05, 0.1) is 31.6 Å². The van der Waals surface area contributed by atoms with Gasteiger partial charge in [0, 0.05) is 18.6 Å². The van der Waals surface area contributed by atoms with Crippen molar-refractivity contribution >= 4 is 21.6 Å². The number of carbonyl (C=O) groups excluding carboxylic acids is 1. The summed E-state index contributed by atoms with van der Waals surface area (Å²) in [7, 11) is -2.12. The number of aromatic hydroxyl groups is 2. The zero-order chi connectivity index (χ0) is 29.5.